The zero-order valence-electron chi connectivity index (χ0n) is 11.4. The number of halogens is 2. The summed E-state index contributed by atoms with van der Waals surface area (Å²) >= 11 is 3.02. The van der Waals surface area contributed by atoms with Crippen LogP contribution in [0.3, 0.4) is 0 Å². The van der Waals surface area contributed by atoms with Crippen LogP contribution in [0.4, 0.5) is 14.9 Å². The van der Waals surface area contributed by atoms with Crippen LogP contribution in [0.1, 0.15) is 20.8 Å². The van der Waals surface area contributed by atoms with Crippen LogP contribution >= 0.6 is 15.9 Å². The zero-order valence-corrected chi connectivity index (χ0v) is 13.0. The Morgan fingerprint density at radius 3 is 2.45 bits per heavy atom. The lowest BCUT2D eigenvalue weighted by Crippen LogP contribution is -2.50. The SMILES string of the molecule is CC(C)(C)N(CC(=O)O)C(=O)Nc1ccc(F)c(Br)c1. The maximum atomic E-state index is 13.1. The Hall–Kier alpha value is -1.63. The highest BCUT2D eigenvalue weighted by Crippen LogP contribution is 2.21. The predicted octanol–water partition coefficient (Wildman–Crippen LogP) is 3.31. The van der Waals surface area contributed by atoms with E-state index in [0.717, 1.165) is 0 Å². The molecular formula is C13H16BrFN2O3. The van der Waals surface area contributed by atoms with Crippen molar-refractivity contribution in [1.29, 1.82) is 0 Å². The number of anilines is 1. The molecule has 1 aromatic rings. The first kappa shape index (κ1) is 16.4. The van der Waals surface area contributed by atoms with Crippen molar-refractivity contribution in [3.8, 4) is 0 Å². The number of carboxylic acids is 1. The van der Waals surface area contributed by atoms with Gasteiger partial charge in [-0.2, -0.15) is 0 Å². The molecule has 0 unspecified atom stereocenters. The number of aliphatic carboxylic acids is 1. The summed E-state index contributed by atoms with van der Waals surface area (Å²) < 4.78 is 13.3. The number of benzene rings is 1. The van der Waals surface area contributed by atoms with Crippen molar-refractivity contribution in [3.63, 3.8) is 0 Å². The maximum absolute atomic E-state index is 13.1. The minimum Gasteiger partial charge on any atom is -0.480 e. The van der Waals surface area contributed by atoms with Crippen LogP contribution in [0.25, 0.3) is 0 Å². The second-order valence-electron chi connectivity index (χ2n) is 5.21. The molecule has 0 saturated carbocycles. The van der Waals surface area contributed by atoms with Gasteiger partial charge in [0.1, 0.15) is 12.4 Å². The second-order valence-corrected chi connectivity index (χ2v) is 6.06. The minimum atomic E-state index is -1.10. The minimum absolute atomic E-state index is 0.218. The number of nitrogens with zero attached hydrogens (tertiary/aromatic N) is 1. The molecule has 0 aromatic heterocycles. The smallest absolute Gasteiger partial charge is 0.323 e. The molecule has 0 heterocycles. The summed E-state index contributed by atoms with van der Waals surface area (Å²) in [6, 6.07) is 3.46. The van der Waals surface area contributed by atoms with Crippen molar-refractivity contribution < 1.29 is 19.1 Å². The molecule has 5 nitrogen and oxygen atoms in total. The molecule has 1 aromatic carbocycles. The van der Waals surface area contributed by atoms with Crippen LogP contribution in [0.15, 0.2) is 22.7 Å². The molecule has 0 aliphatic carbocycles. The van der Waals surface area contributed by atoms with Gasteiger partial charge >= 0.3 is 12.0 Å². The lowest BCUT2D eigenvalue weighted by Gasteiger charge is -2.34. The average Bonchev–Trinajstić information content (AvgIpc) is 2.29. The van der Waals surface area contributed by atoms with Gasteiger partial charge in [0.05, 0.1) is 4.47 Å². The first-order valence-electron chi connectivity index (χ1n) is 5.86. The third-order valence-corrected chi connectivity index (χ3v) is 3.13. The Morgan fingerprint density at radius 2 is 2.00 bits per heavy atom. The lowest BCUT2D eigenvalue weighted by atomic mass is 10.1. The van der Waals surface area contributed by atoms with Gasteiger partial charge in [-0.3, -0.25) is 4.79 Å². The fourth-order valence-corrected chi connectivity index (χ4v) is 1.89. The Bertz CT molecular complexity index is 529. The molecule has 2 N–H and O–H groups in total. The van der Waals surface area contributed by atoms with Crippen LogP contribution in [-0.4, -0.2) is 34.1 Å². The summed E-state index contributed by atoms with van der Waals surface area (Å²) in [5.74, 6) is -1.54. The van der Waals surface area contributed by atoms with E-state index in [-0.39, 0.29) is 4.47 Å². The summed E-state index contributed by atoms with van der Waals surface area (Å²) in [6.07, 6.45) is 0. The van der Waals surface area contributed by atoms with Crippen LogP contribution in [0.2, 0.25) is 0 Å². The van der Waals surface area contributed by atoms with Gasteiger partial charge in [-0.15, -0.1) is 0 Å². The normalized spacial score (nSPS) is 11.1. The Labute approximate surface area is 124 Å². The van der Waals surface area contributed by atoms with Gasteiger partial charge in [0.2, 0.25) is 0 Å². The molecule has 20 heavy (non-hydrogen) atoms. The molecule has 110 valence electrons. The molecule has 0 saturated heterocycles. The molecule has 0 atom stereocenters. The Morgan fingerprint density at radius 1 is 1.40 bits per heavy atom. The Kier molecular flexibility index (Phi) is 5.10. The molecule has 1 rings (SSSR count). The Balaban J connectivity index is 2.90. The molecule has 0 aliphatic heterocycles. The van der Waals surface area contributed by atoms with Crippen molar-refractivity contribution in [1.82, 2.24) is 4.90 Å². The maximum Gasteiger partial charge on any atom is 0.323 e. The monoisotopic (exact) mass is 346 g/mol. The molecule has 0 fully saturated rings. The van der Waals surface area contributed by atoms with Crippen LogP contribution in [0, 0.1) is 5.82 Å². The van der Waals surface area contributed by atoms with Crippen LogP contribution < -0.4 is 5.32 Å². The molecule has 0 radical (unpaired) electrons. The van der Waals surface area contributed by atoms with E-state index in [1.165, 1.54) is 23.1 Å². The van der Waals surface area contributed by atoms with E-state index in [1.807, 2.05) is 0 Å². The number of amides is 2. The van der Waals surface area contributed by atoms with Crippen molar-refractivity contribution in [3.05, 3.63) is 28.5 Å². The van der Waals surface area contributed by atoms with Gasteiger partial charge in [0, 0.05) is 11.2 Å². The molecule has 0 spiro atoms. The first-order valence-corrected chi connectivity index (χ1v) is 6.66. The summed E-state index contributed by atoms with van der Waals surface area (Å²) in [5.41, 5.74) is -0.275. The third-order valence-electron chi connectivity index (χ3n) is 2.52. The highest BCUT2D eigenvalue weighted by molar-refractivity contribution is 9.10. The zero-order chi connectivity index (χ0) is 15.5. The number of rotatable bonds is 3. The van der Waals surface area contributed by atoms with Gasteiger partial charge in [-0.25, -0.2) is 9.18 Å². The number of nitrogens with one attached hydrogen (secondary N) is 1. The second kappa shape index (κ2) is 6.21. The van der Waals surface area contributed by atoms with Crippen molar-refractivity contribution >= 4 is 33.6 Å². The van der Waals surface area contributed by atoms with Crippen molar-refractivity contribution in [2.24, 2.45) is 0 Å². The third kappa shape index (κ3) is 4.48. The van der Waals surface area contributed by atoms with E-state index in [0.29, 0.717) is 5.69 Å². The van der Waals surface area contributed by atoms with Gasteiger partial charge < -0.3 is 15.3 Å². The summed E-state index contributed by atoms with van der Waals surface area (Å²) in [6.45, 7) is 4.78. The average molecular weight is 347 g/mol. The van der Waals surface area contributed by atoms with E-state index >= 15 is 0 Å². The van der Waals surface area contributed by atoms with E-state index in [2.05, 4.69) is 21.2 Å². The van der Waals surface area contributed by atoms with Crippen molar-refractivity contribution in [2.75, 3.05) is 11.9 Å². The number of carbonyl (C=O) groups excluding carboxylic acids is 1. The number of urea groups is 1. The van der Waals surface area contributed by atoms with E-state index in [9.17, 15) is 14.0 Å². The van der Waals surface area contributed by atoms with Gasteiger partial charge in [-0.1, -0.05) is 0 Å². The number of hydrogen-bond acceptors (Lipinski definition) is 2. The fourth-order valence-electron chi connectivity index (χ4n) is 1.51. The van der Waals surface area contributed by atoms with E-state index in [4.69, 9.17) is 5.11 Å². The quantitative estimate of drug-likeness (QED) is 0.881. The standard InChI is InChI=1S/C13H16BrFN2O3/c1-13(2,3)17(7-11(18)19)12(20)16-8-4-5-10(15)9(14)6-8/h4-6H,7H2,1-3H3,(H,16,20)(H,18,19). The van der Waals surface area contributed by atoms with E-state index < -0.39 is 29.9 Å². The summed E-state index contributed by atoms with van der Waals surface area (Å²) in [5, 5.41) is 11.4. The summed E-state index contributed by atoms with van der Waals surface area (Å²) in [4.78, 5) is 24.2. The molecule has 7 heteroatoms. The number of hydrogen-bond donors (Lipinski definition) is 2. The highest BCUT2D eigenvalue weighted by Gasteiger charge is 2.28. The van der Waals surface area contributed by atoms with Crippen LogP contribution in [0.5, 0.6) is 0 Å². The van der Waals surface area contributed by atoms with Crippen molar-refractivity contribution in [2.45, 2.75) is 26.3 Å². The molecule has 2 amide bonds. The van der Waals surface area contributed by atoms with Crippen LogP contribution in [-0.2, 0) is 4.79 Å². The van der Waals surface area contributed by atoms with E-state index in [1.54, 1.807) is 20.8 Å². The topological polar surface area (TPSA) is 69.6 Å². The fraction of sp³-hybridized carbons (Fsp3) is 0.385. The summed E-state index contributed by atoms with van der Waals surface area (Å²) in [7, 11) is 0. The molecular weight excluding hydrogens is 331 g/mol. The highest BCUT2D eigenvalue weighted by atomic mass is 79.9. The van der Waals surface area contributed by atoms with Gasteiger partial charge in [-0.05, 0) is 54.9 Å². The van der Waals surface area contributed by atoms with Gasteiger partial charge in [0.25, 0.3) is 0 Å². The largest absolute Gasteiger partial charge is 0.480 e. The first-order chi connectivity index (χ1) is 9.11. The number of carboxylic acid groups (broad SMARTS) is 1. The molecule has 0 bridgehead atoms. The molecule has 0 aliphatic rings. The predicted molar refractivity (Wildman–Crippen MR) is 77.2 cm³/mol. The van der Waals surface area contributed by atoms with Gasteiger partial charge in [0.15, 0.2) is 0 Å². The number of carbonyl (C=O) groups is 2. The lowest BCUT2D eigenvalue weighted by molar-refractivity contribution is -0.138.